The van der Waals surface area contributed by atoms with E-state index in [0.29, 0.717) is 38.1 Å². The second kappa shape index (κ2) is 10.2. The molecule has 1 aromatic rings. The van der Waals surface area contributed by atoms with Gasteiger partial charge < -0.3 is 14.1 Å². The molecule has 166 valence electrons. The Hall–Kier alpha value is -1.18. The van der Waals surface area contributed by atoms with Gasteiger partial charge in [-0.05, 0) is 63.4 Å². The standard InChI is InChI=1S/C21H36ClFN2O3Si/c1-20(2,3)28-19(26)25(14-15-27-29(7,8)21(4,5)6)13-9-10-16-11-12-24-18(22)17(16)23/h11-12H,9-10,13-15H2,1-8H3. The highest BCUT2D eigenvalue weighted by Crippen LogP contribution is 2.36. The van der Waals surface area contributed by atoms with Crippen LogP contribution in [0.15, 0.2) is 12.3 Å². The lowest BCUT2D eigenvalue weighted by molar-refractivity contribution is 0.0220. The molecule has 1 amide bonds. The molecule has 1 heterocycles. The van der Waals surface area contributed by atoms with E-state index in [2.05, 4.69) is 38.8 Å². The summed E-state index contributed by atoms with van der Waals surface area (Å²) >= 11 is 5.74. The quantitative estimate of drug-likeness (QED) is 0.359. The van der Waals surface area contributed by atoms with E-state index in [0.717, 1.165) is 0 Å². The fourth-order valence-electron chi connectivity index (χ4n) is 2.36. The summed E-state index contributed by atoms with van der Waals surface area (Å²) < 4.78 is 25.8. The van der Waals surface area contributed by atoms with Crippen molar-refractivity contribution < 1.29 is 18.3 Å². The Morgan fingerprint density at radius 1 is 1.21 bits per heavy atom. The second-order valence-electron chi connectivity index (χ2n) is 9.75. The third kappa shape index (κ3) is 8.60. The lowest BCUT2D eigenvalue weighted by atomic mass is 10.1. The van der Waals surface area contributed by atoms with Gasteiger partial charge in [-0.15, -0.1) is 0 Å². The number of carbonyl (C=O) groups is 1. The molecule has 1 aromatic heterocycles. The molecule has 0 saturated heterocycles. The largest absolute Gasteiger partial charge is 0.444 e. The molecule has 0 aliphatic rings. The monoisotopic (exact) mass is 446 g/mol. The highest BCUT2D eigenvalue weighted by molar-refractivity contribution is 6.74. The van der Waals surface area contributed by atoms with Gasteiger partial charge in [0.05, 0.1) is 6.61 Å². The Labute approximate surface area is 181 Å². The van der Waals surface area contributed by atoms with Crippen LogP contribution >= 0.6 is 11.6 Å². The van der Waals surface area contributed by atoms with Crippen molar-refractivity contribution in [2.45, 2.75) is 78.1 Å². The van der Waals surface area contributed by atoms with Crippen LogP contribution in [0.25, 0.3) is 0 Å². The Balaban J connectivity index is 2.73. The molecule has 1 rings (SSSR count). The molecule has 0 unspecified atom stereocenters. The van der Waals surface area contributed by atoms with Crippen molar-refractivity contribution in [1.82, 2.24) is 9.88 Å². The maximum Gasteiger partial charge on any atom is 0.410 e. The SMILES string of the molecule is CC(C)(C)OC(=O)N(CCCc1ccnc(Cl)c1F)CCO[Si](C)(C)C(C)(C)C. The van der Waals surface area contributed by atoms with Crippen molar-refractivity contribution in [3.63, 3.8) is 0 Å². The normalized spacial score (nSPS) is 12.8. The highest BCUT2D eigenvalue weighted by atomic mass is 35.5. The van der Waals surface area contributed by atoms with Crippen LogP contribution in [0.2, 0.25) is 23.3 Å². The van der Waals surface area contributed by atoms with Gasteiger partial charge in [-0.25, -0.2) is 14.2 Å². The maximum atomic E-state index is 14.0. The number of aromatic nitrogens is 1. The highest BCUT2D eigenvalue weighted by Gasteiger charge is 2.37. The van der Waals surface area contributed by atoms with E-state index >= 15 is 0 Å². The molecular formula is C21H36ClFN2O3Si. The van der Waals surface area contributed by atoms with Crippen LogP contribution in [-0.2, 0) is 15.6 Å². The number of halogens is 2. The molecule has 0 atom stereocenters. The average Bonchev–Trinajstić information content (AvgIpc) is 2.54. The van der Waals surface area contributed by atoms with E-state index in [1.807, 2.05) is 20.8 Å². The van der Waals surface area contributed by atoms with Crippen LogP contribution in [0.5, 0.6) is 0 Å². The van der Waals surface area contributed by atoms with E-state index in [1.54, 1.807) is 11.0 Å². The van der Waals surface area contributed by atoms with Gasteiger partial charge in [-0.3, -0.25) is 0 Å². The van der Waals surface area contributed by atoms with Crippen molar-refractivity contribution >= 4 is 26.0 Å². The lowest BCUT2D eigenvalue weighted by Crippen LogP contribution is -2.44. The molecule has 5 nitrogen and oxygen atoms in total. The predicted octanol–water partition coefficient (Wildman–Crippen LogP) is 6.07. The van der Waals surface area contributed by atoms with Crippen molar-refractivity contribution in [2.75, 3.05) is 19.7 Å². The van der Waals surface area contributed by atoms with Gasteiger partial charge in [-0.2, -0.15) is 0 Å². The number of pyridine rings is 1. The number of aryl methyl sites for hydroxylation is 1. The van der Waals surface area contributed by atoms with Crippen molar-refractivity contribution in [3.8, 4) is 0 Å². The number of ether oxygens (including phenoxy) is 1. The zero-order valence-corrected chi connectivity index (χ0v) is 20.8. The first kappa shape index (κ1) is 25.9. The third-order valence-electron chi connectivity index (χ3n) is 5.08. The van der Waals surface area contributed by atoms with Crippen LogP contribution in [-0.4, -0.2) is 49.6 Å². The topological polar surface area (TPSA) is 51.7 Å². The second-order valence-corrected chi connectivity index (χ2v) is 14.9. The summed E-state index contributed by atoms with van der Waals surface area (Å²) in [6.07, 6.45) is 2.14. The van der Waals surface area contributed by atoms with Gasteiger partial charge in [0, 0.05) is 19.3 Å². The summed E-state index contributed by atoms with van der Waals surface area (Å²) in [4.78, 5) is 18.0. The summed E-state index contributed by atoms with van der Waals surface area (Å²) in [5.74, 6) is -0.501. The summed E-state index contributed by atoms with van der Waals surface area (Å²) in [5, 5.41) is -0.0312. The van der Waals surface area contributed by atoms with Gasteiger partial charge in [0.2, 0.25) is 0 Å². The molecule has 0 fully saturated rings. The average molecular weight is 447 g/mol. The lowest BCUT2D eigenvalue weighted by Gasteiger charge is -2.37. The van der Waals surface area contributed by atoms with Crippen LogP contribution in [0.3, 0.4) is 0 Å². The number of amides is 1. The molecule has 0 aliphatic heterocycles. The smallest absolute Gasteiger partial charge is 0.410 e. The summed E-state index contributed by atoms with van der Waals surface area (Å²) in [5.41, 5.74) is -0.0907. The number of carbonyl (C=O) groups excluding carboxylic acids is 1. The minimum Gasteiger partial charge on any atom is -0.444 e. The summed E-state index contributed by atoms with van der Waals surface area (Å²) in [6, 6.07) is 1.61. The molecular weight excluding hydrogens is 411 g/mol. The fraction of sp³-hybridized carbons (Fsp3) is 0.714. The molecule has 0 radical (unpaired) electrons. The molecule has 0 bridgehead atoms. The molecule has 0 saturated carbocycles. The minimum absolute atomic E-state index is 0.0991. The van der Waals surface area contributed by atoms with Crippen LogP contribution in [0.4, 0.5) is 9.18 Å². The number of rotatable bonds is 8. The van der Waals surface area contributed by atoms with Gasteiger partial charge in [0.25, 0.3) is 0 Å². The first-order valence-corrected chi connectivity index (χ1v) is 13.3. The predicted molar refractivity (Wildman–Crippen MR) is 118 cm³/mol. The number of hydrogen-bond donors (Lipinski definition) is 0. The zero-order chi connectivity index (χ0) is 22.5. The van der Waals surface area contributed by atoms with Gasteiger partial charge >= 0.3 is 6.09 Å². The Morgan fingerprint density at radius 2 is 1.83 bits per heavy atom. The van der Waals surface area contributed by atoms with E-state index in [4.69, 9.17) is 20.8 Å². The van der Waals surface area contributed by atoms with Crippen LogP contribution in [0, 0.1) is 5.82 Å². The Morgan fingerprint density at radius 3 is 2.38 bits per heavy atom. The first-order valence-electron chi connectivity index (χ1n) is 10.0. The van der Waals surface area contributed by atoms with Gasteiger partial charge in [0.1, 0.15) is 5.60 Å². The molecule has 8 heteroatoms. The third-order valence-corrected chi connectivity index (χ3v) is 9.88. The number of nitrogens with zero attached hydrogens (tertiary/aromatic N) is 2. The molecule has 29 heavy (non-hydrogen) atoms. The van der Waals surface area contributed by atoms with Crippen molar-refractivity contribution in [1.29, 1.82) is 0 Å². The van der Waals surface area contributed by atoms with E-state index in [-0.39, 0.29) is 16.3 Å². The van der Waals surface area contributed by atoms with Crippen molar-refractivity contribution in [3.05, 3.63) is 28.8 Å². The van der Waals surface area contributed by atoms with Gasteiger partial charge in [0.15, 0.2) is 19.3 Å². The molecule has 0 aliphatic carbocycles. The van der Waals surface area contributed by atoms with Crippen LogP contribution < -0.4 is 0 Å². The van der Waals surface area contributed by atoms with Crippen molar-refractivity contribution in [2.24, 2.45) is 0 Å². The first-order chi connectivity index (χ1) is 13.1. The van der Waals surface area contributed by atoms with E-state index in [9.17, 15) is 9.18 Å². The van der Waals surface area contributed by atoms with Crippen LogP contribution in [0.1, 0.15) is 53.5 Å². The number of hydrogen-bond acceptors (Lipinski definition) is 4. The molecule has 0 spiro atoms. The Kier molecular flexibility index (Phi) is 9.11. The summed E-state index contributed by atoms with van der Waals surface area (Å²) in [6.45, 7) is 17.7. The van der Waals surface area contributed by atoms with E-state index in [1.165, 1.54) is 6.20 Å². The van der Waals surface area contributed by atoms with Gasteiger partial charge in [-0.1, -0.05) is 32.4 Å². The molecule has 0 aromatic carbocycles. The maximum absolute atomic E-state index is 14.0. The molecule has 0 N–H and O–H groups in total. The zero-order valence-electron chi connectivity index (χ0n) is 19.1. The minimum atomic E-state index is -1.90. The Bertz CT molecular complexity index is 687. The summed E-state index contributed by atoms with van der Waals surface area (Å²) in [7, 11) is -1.90. The van der Waals surface area contributed by atoms with E-state index < -0.39 is 19.7 Å². The fourth-order valence-corrected chi connectivity index (χ4v) is 3.57.